The first-order valence-electron chi connectivity index (χ1n) is 7.33. The van der Waals surface area contributed by atoms with E-state index in [0.29, 0.717) is 27.7 Å². The molecule has 6 nitrogen and oxygen atoms in total. The smallest absolute Gasteiger partial charge is 0.255 e. The molecule has 0 bridgehead atoms. The van der Waals surface area contributed by atoms with Crippen LogP contribution in [0, 0.1) is 6.92 Å². The van der Waals surface area contributed by atoms with Crippen molar-refractivity contribution in [3.05, 3.63) is 52.5 Å². The van der Waals surface area contributed by atoms with Crippen molar-refractivity contribution in [1.82, 2.24) is 0 Å². The third-order valence-electron chi connectivity index (χ3n) is 3.72. The molecule has 0 radical (unpaired) electrons. The van der Waals surface area contributed by atoms with E-state index in [9.17, 15) is 13.2 Å². The third kappa shape index (κ3) is 4.43. The van der Waals surface area contributed by atoms with Crippen LogP contribution < -0.4 is 14.4 Å². The predicted octanol–water partition coefficient (Wildman–Crippen LogP) is 3.31. The number of benzene rings is 2. The zero-order chi connectivity index (χ0) is 18.8. The standard InChI is InChI=1S/C17H19ClN2O4S/c1-11-5-6-12(9-15(11)20(2)25(4,22)23)17(21)19-13-7-8-16(24-3)14(18)10-13/h5-10H,1-4H3,(H,19,21). The van der Waals surface area contributed by atoms with Gasteiger partial charge in [-0.2, -0.15) is 0 Å². The number of halogens is 1. The minimum atomic E-state index is -3.42. The second-order valence-electron chi connectivity index (χ2n) is 5.54. The Labute approximate surface area is 152 Å². The van der Waals surface area contributed by atoms with E-state index in [-0.39, 0.29) is 5.91 Å². The van der Waals surface area contributed by atoms with Crippen LogP contribution in [-0.2, 0) is 10.0 Å². The fourth-order valence-electron chi connectivity index (χ4n) is 2.22. The van der Waals surface area contributed by atoms with Gasteiger partial charge in [0.15, 0.2) is 0 Å². The molecule has 25 heavy (non-hydrogen) atoms. The summed E-state index contributed by atoms with van der Waals surface area (Å²) in [6, 6.07) is 9.77. The minimum Gasteiger partial charge on any atom is -0.495 e. The van der Waals surface area contributed by atoms with Gasteiger partial charge in [-0.15, -0.1) is 0 Å². The molecule has 1 N–H and O–H groups in total. The molecule has 2 aromatic carbocycles. The van der Waals surface area contributed by atoms with E-state index in [1.165, 1.54) is 20.2 Å². The summed E-state index contributed by atoms with van der Waals surface area (Å²) in [7, 11) is -0.470. The Hall–Kier alpha value is -2.25. The summed E-state index contributed by atoms with van der Waals surface area (Å²) >= 11 is 6.05. The van der Waals surface area contributed by atoms with Gasteiger partial charge in [-0.05, 0) is 42.8 Å². The summed E-state index contributed by atoms with van der Waals surface area (Å²) in [6.45, 7) is 1.78. The third-order valence-corrected chi connectivity index (χ3v) is 5.20. The van der Waals surface area contributed by atoms with Crippen LogP contribution in [0.3, 0.4) is 0 Å². The monoisotopic (exact) mass is 382 g/mol. The summed E-state index contributed by atoms with van der Waals surface area (Å²) in [5.41, 5.74) is 2.04. The Morgan fingerprint density at radius 1 is 1.20 bits per heavy atom. The normalized spacial score (nSPS) is 11.1. The van der Waals surface area contributed by atoms with Crippen LogP contribution in [0.2, 0.25) is 5.02 Å². The van der Waals surface area contributed by atoms with E-state index in [2.05, 4.69) is 5.32 Å². The van der Waals surface area contributed by atoms with E-state index in [1.54, 1.807) is 37.3 Å². The molecular weight excluding hydrogens is 364 g/mol. The van der Waals surface area contributed by atoms with E-state index in [1.807, 2.05) is 0 Å². The Kier molecular flexibility index (Phi) is 5.59. The highest BCUT2D eigenvalue weighted by molar-refractivity contribution is 7.92. The molecule has 0 unspecified atom stereocenters. The Morgan fingerprint density at radius 3 is 2.44 bits per heavy atom. The lowest BCUT2D eigenvalue weighted by atomic mass is 10.1. The molecule has 0 saturated heterocycles. The highest BCUT2D eigenvalue weighted by Crippen LogP contribution is 2.28. The number of rotatable bonds is 5. The number of nitrogens with one attached hydrogen (secondary N) is 1. The van der Waals surface area contributed by atoms with Crippen LogP contribution in [0.5, 0.6) is 5.75 Å². The van der Waals surface area contributed by atoms with Crippen LogP contribution in [-0.4, -0.2) is 34.7 Å². The van der Waals surface area contributed by atoms with Crippen molar-refractivity contribution < 1.29 is 17.9 Å². The molecule has 0 saturated carbocycles. The van der Waals surface area contributed by atoms with Crippen LogP contribution in [0.25, 0.3) is 0 Å². The average Bonchev–Trinajstić information content (AvgIpc) is 2.54. The van der Waals surface area contributed by atoms with Gasteiger partial charge in [-0.3, -0.25) is 9.10 Å². The molecule has 0 fully saturated rings. The minimum absolute atomic E-state index is 0.336. The average molecular weight is 383 g/mol. The maximum atomic E-state index is 12.5. The first-order chi connectivity index (χ1) is 11.6. The summed E-state index contributed by atoms with van der Waals surface area (Å²) in [6.07, 6.45) is 1.11. The molecule has 0 heterocycles. The van der Waals surface area contributed by atoms with Crippen molar-refractivity contribution >= 4 is 38.9 Å². The van der Waals surface area contributed by atoms with Gasteiger partial charge in [-0.1, -0.05) is 17.7 Å². The van der Waals surface area contributed by atoms with Gasteiger partial charge in [0.2, 0.25) is 10.0 Å². The van der Waals surface area contributed by atoms with Gasteiger partial charge >= 0.3 is 0 Å². The van der Waals surface area contributed by atoms with Gasteiger partial charge in [0.05, 0.1) is 24.1 Å². The van der Waals surface area contributed by atoms with E-state index in [4.69, 9.17) is 16.3 Å². The first kappa shape index (κ1) is 19.1. The summed E-state index contributed by atoms with van der Waals surface area (Å²) in [5, 5.41) is 3.10. The van der Waals surface area contributed by atoms with Gasteiger partial charge in [0.25, 0.3) is 5.91 Å². The molecule has 0 aliphatic heterocycles. The highest BCUT2D eigenvalue weighted by atomic mass is 35.5. The lowest BCUT2D eigenvalue weighted by Gasteiger charge is -2.19. The van der Waals surface area contributed by atoms with Crippen molar-refractivity contribution in [1.29, 1.82) is 0 Å². The van der Waals surface area contributed by atoms with Crippen molar-refractivity contribution in [3.8, 4) is 5.75 Å². The molecule has 2 aromatic rings. The number of hydrogen-bond donors (Lipinski definition) is 1. The van der Waals surface area contributed by atoms with Crippen molar-refractivity contribution in [2.75, 3.05) is 30.0 Å². The summed E-state index contributed by atoms with van der Waals surface area (Å²) in [5.74, 6) is 0.136. The maximum absolute atomic E-state index is 12.5. The number of nitrogens with zero attached hydrogens (tertiary/aromatic N) is 1. The number of amides is 1. The molecule has 0 spiro atoms. The number of aryl methyl sites for hydroxylation is 1. The molecule has 2 rings (SSSR count). The van der Waals surface area contributed by atoms with Gasteiger partial charge < -0.3 is 10.1 Å². The Balaban J connectivity index is 2.30. The number of methoxy groups -OCH3 is 1. The second kappa shape index (κ2) is 7.33. The van der Waals surface area contributed by atoms with Crippen molar-refractivity contribution in [2.24, 2.45) is 0 Å². The maximum Gasteiger partial charge on any atom is 0.255 e. The topological polar surface area (TPSA) is 75.7 Å². The second-order valence-corrected chi connectivity index (χ2v) is 7.96. The molecule has 0 aliphatic carbocycles. The van der Waals surface area contributed by atoms with Gasteiger partial charge in [0, 0.05) is 18.3 Å². The summed E-state index contributed by atoms with van der Waals surface area (Å²) < 4.78 is 29.7. The lowest BCUT2D eigenvalue weighted by molar-refractivity contribution is 0.102. The van der Waals surface area contributed by atoms with Crippen LogP contribution >= 0.6 is 11.6 Å². The van der Waals surface area contributed by atoms with E-state index >= 15 is 0 Å². The van der Waals surface area contributed by atoms with Crippen LogP contribution in [0.15, 0.2) is 36.4 Å². The molecular formula is C17H19ClN2O4S. The molecule has 1 amide bonds. The molecule has 0 aliphatic rings. The van der Waals surface area contributed by atoms with Crippen LogP contribution in [0.4, 0.5) is 11.4 Å². The Morgan fingerprint density at radius 2 is 1.88 bits per heavy atom. The van der Waals surface area contributed by atoms with E-state index in [0.717, 1.165) is 16.1 Å². The fraction of sp³-hybridized carbons (Fsp3) is 0.235. The lowest BCUT2D eigenvalue weighted by Crippen LogP contribution is -2.26. The molecule has 134 valence electrons. The molecule has 8 heteroatoms. The number of carbonyl (C=O) groups is 1. The Bertz CT molecular complexity index is 913. The fourth-order valence-corrected chi connectivity index (χ4v) is 3.03. The van der Waals surface area contributed by atoms with Gasteiger partial charge in [-0.25, -0.2) is 8.42 Å². The van der Waals surface area contributed by atoms with Gasteiger partial charge in [0.1, 0.15) is 5.75 Å². The number of anilines is 2. The number of hydrogen-bond acceptors (Lipinski definition) is 4. The van der Waals surface area contributed by atoms with Crippen molar-refractivity contribution in [3.63, 3.8) is 0 Å². The molecule has 0 aromatic heterocycles. The SMILES string of the molecule is COc1ccc(NC(=O)c2ccc(C)c(N(C)S(C)(=O)=O)c2)cc1Cl. The summed E-state index contributed by atoms with van der Waals surface area (Å²) in [4.78, 5) is 12.5. The zero-order valence-corrected chi connectivity index (χ0v) is 15.9. The number of sulfonamides is 1. The first-order valence-corrected chi connectivity index (χ1v) is 9.55. The largest absolute Gasteiger partial charge is 0.495 e. The van der Waals surface area contributed by atoms with E-state index < -0.39 is 10.0 Å². The zero-order valence-electron chi connectivity index (χ0n) is 14.3. The molecule has 0 atom stereocenters. The predicted molar refractivity (Wildman–Crippen MR) is 100 cm³/mol. The van der Waals surface area contributed by atoms with Crippen LogP contribution in [0.1, 0.15) is 15.9 Å². The number of ether oxygens (including phenoxy) is 1. The van der Waals surface area contributed by atoms with Crippen molar-refractivity contribution in [2.45, 2.75) is 6.92 Å². The highest BCUT2D eigenvalue weighted by Gasteiger charge is 2.17. The quantitative estimate of drug-likeness (QED) is 0.860. The number of carbonyl (C=O) groups excluding carboxylic acids is 1.